The van der Waals surface area contributed by atoms with Crippen LogP contribution in [0.15, 0.2) is 36.7 Å². The number of H-pyrrole nitrogens is 1. The number of nitrogens with one attached hydrogen (secondary N) is 1. The lowest BCUT2D eigenvalue weighted by Crippen LogP contribution is -2.22. The molecular weight excluding hydrogens is 210 g/mol. The van der Waals surface area contributed by atoms with Gasteiger partial charge in [-0.25, -0.2) is 4.98 Å². The largest absolute Gasteiger partial charge is 0.345 e. The normalized spacial score (nSPS) is 17.0. The minimum atomic E-state index is 0.152. The van der Waals surface area contributed by atoms with Gasteiger partial charge in [0.15, 0.2) is 0 Å². The third kappa shape index (κ3) is 2.39. The maximum Gasteiger partial charge on any atom is 0.137 e. The highest BCUT2D eigenvalue weighted by Gasteiger charge is 2.37. The van der Waals surface area contributed by atoms with Crippen LogP contribution in [-0.2, 0) is 6.42 Å². The van der Waals surface area contributed by atoms with Crippen LogP contribution in [0.5, 0.6) is 0 Å². The third-order valence-corrected chi connectivity index (χ3v) is 3.53. The maximum absolute atomic E-state index is 6.09. The van der Waals surface area contributed by atoms with Gasteiger partial charge in [-0.05, 0) is 31.2 Å². The van der Waals surface area contributed by atoms with Crippen molar-refractivity contribution in [3.05, 3.63) is 42.2 Å². The molecule has 1 saturated carbocycles. The minimum Gasteiger partial charge on any atom is -0.345 e. The highest BCUT2D eigenvalue weighted by molar-refractivity contribution is 5.55. The summed E-state index contributed by atoms with van der Waals surface area (Å²) in [5.74, 6) is 0.925. The van der Waals surface area contributed by atoms with Gasteiger partial charge in [0, 0.05) is 23.5 Å². The monoisotopic (exact) mass is 227 g/mol. The molecule has 2 aromatic rings. The lowest BCUT2D eigenvalue weighted by atomic mass is 10.0. The zero-order valence-corrected chi connectivity index (χ0v) is 9.82. The first-order valence-corrected chi connectivity index (χ1v) is 6.13. The van der Waals surface area contributed by atoms with E-state index in [2.05, 4.69) is 34.2 Å². The number of imidazole rings is 1. The van der Waals surface area contributed by atoms with E-state index in [9.17, 15) is 0 Å². The number of aromatic nitrogens is 2. The van der Waals surface area contributed by atoms with Crippen molar-refractivity contribution in [2.75, 3.05) is 0 Å². The molecule has 1 aromatic heterocycles. The van der Waals surface area contributed by atoms with Crippen molar-refractivity contribution in [3.63, 3.8) is 0 Å². The Morgan fingerprint density at radius 2 is 2.00 bits per heavy atom. The third-order valence-electron chi connectivity index (χ3n) is 3.53. The molecule has 0 spiro atoms. The van der Waals surface area contributed by atoms with Crippen molar-refractivity contribution in [1.29, 1.82) is 0 Å². The Morgan fingerprint density at radius 3 is 2.59 bits per heavy atom. The zero-order chi connectivity index (χ0) is 11.7. The Morgan fingerprint density at radius 1 is 1.24 bits per heavy atom. The number of aromatic amines is 1. The van der Waals surface area contributed by atoms with Gasteiger partial charge in [-0.2, -0.15) is 0 Å². The summed E-state index contributed by atoms with van der Waals surface area (Å²) in [4.78, 5) is 7.34. The van der Waals surface area contributed by atoms with Crippen molar-refractivity contribution >= 4 is 0 Å². The number of aryl methyl sites for hydroxylation is 1. The van der Waals surface area contributed by atoms with Gasteiger partial charge >= 0.3 is 0 Å². The Bertz CT molecular complexity index is 481. The molecule has 1 aliphatic rings. The van der Waals surface area contributed by atoms with Crippen LogP contribution >= 0.6 is 0 Å². The van der Waals surface area contributed by atoms with Crippen LogP contribution in [0.4, 0.5) is 0 Å². The predicted octanol–water partition coefficient (Wildman–Crippen LogP) is 2.50. The molecule has 1 fully saturated rings. The molecule has 0 atom stereocenters. The molecule has 0 unspecified atom stereocenters. The van der Waals surface area contributed by atoms with E-state index in [1.807, 2.05) is 6.20 Å². The van der Waals surface area contributed by atoms with Crippen molar-refractivity contribution in [1.82, 2.24) is 9.97 Å². The molecule has 3 N–H and O–H groups in total. The summed E-state index contributed by atoms with van der Waals surface area (Å²) in [5.41, 5.74) is 8.73. The van der Waals surface area contributed by atoms with E-state index in [0.29, 0.717) is 0 Å². The number of nitrogens with zero attached hydrogens (tertiary/aromatic N) is 1. The number of rotatable bonds is 4. The van der Waals surface area contributed by atoms with Crippen LogP contribution < -0.4 is 5.73 Å². The molecule has 3 nitrogen and oxygen atoms in total. The Kier molecular flexibility index (Phi) is 2.48. The molecule has 17 heavy (non-hydrogen) atoms. The fourth-order valence-corrected chi connectivity index (χ4v) is 2.06. The Balaban J connectivity index is 1.67. The molecule has 0 saturated heterocycles. The summed E-state index contributed by atoms with van der Waals surface area (Å²) < 4.78 is 0. The Hall–Kier alpha value is -1.61. The van der Waals surface area contributed by atoms with E-state index in [0.717, 1.165) is 24.2 Å². The maximum atomic E-state index is 6.09. The van der Waals surface area contributed by atoms with Gasteiger partial charge in [0.2, 0.25) is 0 Å². The first-order chi connectivity index (χ1) is 8.25. The van der Waals surface area contributed by atoms with Crippen LogP contribution in [0, 0.1) is 0 Å². The standard InChI is InChI=1S/C14H17N3/c15-14(7-8-14)6-5-11-1-3-12(4-2-11)13-16-9-10-17-13/h1-4,9-10H,5-8,15H2,(H,16,17). The van der Waals surface area contributed by atoms with Gasteiger partial charge in [0.05, 0.1) is 0 Å². The van der Waals surface area contributed by atoms with Crippen LogP contribution in [0.1, 0.15) is 24.8 Å². The molecule has 3 rings (SSSR count). The van der Waals surface area contributed by atoms with Gasteiger partial charge in [-0.3, -0.25) is 0 Å². The molecule has 1 aliphatic carbocycles. The van der Waals surface area contributed by atoms with Gasteiger partial charge in [0.25, 0.3) is 0 Å². The molecule has 0 amide bonds. The second-order valence-electron chi connectivity index (χ2n) is 5.00. The number of hydrogen-bond acceptors (Lipinski definition) is 2. The minimum absolute atomic E-state index is 0.152. The molecule has 1 heterocycles. The van der Waals surface area contributed by atoms with Crippen LogP contribution in [-0.4, -0.2) is 15.5 Å². The van der Waals surface area contributed by atoms with Gasteiger partial charge in [-0.1, -0.05) is 24.3 Å². The van der Waals surface area contributed by atoms with E-state index in [-0.39, 0.29) is 5.54 Å². The first-order valence-electron chi connectivity index (χ1n) is 6.13. The lowest BCUT2D eigenvalue weighted by molar-refractivity contribution is 0.609. The van der Waals surface area contributed by atoms with Gasteiger partial charge in [-0.15, -0.1) is 0 Å². The van der Waals surface area contributed by atoms with Crippen molar-refractivity contribution in [2.24, 2.45) is 5.73 Å². The molecule has 88 valence electrons. The summed E-state index contributed by atoms with van der Waals surface area (Å²) in [6, 6.07) is 8.57. The second kappa shape index (κ2) is 4.00. The van der Waals surface area contributed by atoms with E-state index in [1.54, 1.807) is 6.20 Å². The SMILES string of the molecule is NC1(CCc2ccc(-c3ncc[nH]3)cc2)CC1. The summed E-state index contributed by atoms with van der Waals surface area (Å²) in [6.45, 7) is 0. The van der Waals surface area contributed by atoms with Crippen LogP contribution in [0.25, 0.3) is 11.4 Å². The Labute approximate surface area is 101 Å². The topological polar surface area (TPSA) is 54.7 Å². The van der Waals surface area contributed by atoms with Gasteiger partial charge < -0.3 is 10.7 Å². The molecule has 0 bridgehead atoms. The fraction of sp³-hybridized carbons (Fsp3) is 0.357. The molecular formula is C14H17N3. The van der Waals surface area contributed by atoms with Crippen molar-refractivity contribution in [2.45, 2.75) is 31.2 Å². The zero-order valence-electron chi connectivity index (χ0n) is 9.82. The number of benzene rings is 1. The molecule has 0 aliphatic heterocycles. The van der Waals surface area contributed by atoms with E-state index < -0.39 is 0 Å². The molecule has 1 aromatic carbocycles. The van der Waals surface area contributed by atoms with Crippen molar-refractivity contribution in [3.8, 4) is 11.4 Å². The first kappa shape index (κ1) is 10.5. The summed E-state index contributed by atoms with van der Waals surface area (Å²) in [6.07, 6.45) is 8.18. The molecule has 0 radical (unpaired) electrons. The average molecular weight is 227 g/mol. The quantitative estimate of drug-likeness (QED) is 0.843. The fourth-order valence-electron chi connectivity index (χ4n) is 2.06. The molecule has 3 heteroatoms. The lowest BCUT2D eigenvalue weighted by Gasteiger charge is -2.08. The predicted molar refractivity (Wildman–Crippen MR) is 68.5 cm³/mol. The summed E-state index contributed by atoms with van der Waals surface area (Å²) in [7, 11) is 0. The average Bonchev–Trinajstić information content (AvgIpc) is 2.89. The van der Waals surface area contributed by atoms with Crippen LogP contribution in [0.2, 0.25) is 0 Å². The van der Waals surface area contributed by atoms with E-state index in [1.165, 1.54) is 18.4 Å². The highest BCUT2D eigenvalue weighted by atomic mass is 14.9. The number of hydrogen-bond donors (Lipinski definition) is 2. The van der Waals surface area contributed by atoms with Crippen molar-refractivity contribution < 1.29 is 0 Å². The van der Waals surface area contributed by atoms with Crippen LogP contribution in [0.3, 0.4) is 0 Å². The smallest absolute Gasteiger partial charge is 0.137 e. The van der Waals surface area contributed by atoms with E-state index in [4.69, 9.17) is 5.73 Å². The second-order valence-corrected chi connectivity index (χ2v) is 5.00. The summed E-state index contributed by atoms with van der Waals surface area (Å²) in [5, 5.41) is 0. The van der Waals surface area contributed by atoms with Gasteiger partial charge in [0.1, 0.15) is 5.82 Å². The highest BCUT2D eigenvalue weighted by Crippen LogP contribution is 2.36. The van der Waals surface area contributed by atoms with E-state index >= 15 is 0 Å². The summed E-state index contributed by atoms with van der Waals surface area (Å²) >= 11 is 0. The number of nitrogens with two attached hydrogens (primary N) is 1.